The molecule has 0 bridgehead atoms. The Morgan fingerprint density at radius 2 is 1.92 bits per heavy atom. The second kappa shape index (κ2) is 7.04. The standard InChI is InChI=1S/C14H11N5O4S/c1-22-11-4-2-9(3-5-11)6-12-17-18-14(23-12)24-13-15-7-10(8-16-13)19(20)21/h2-5,7-8H,6H2,1H3. The van der Waals surface area contributed by atoms with Crippen molar-refractivity contribution in [2.24, 2.45) is 0 Å². The van der Waals surface area contributed by atoms with Crippen molar-refractivity contribution in [3.63, 3.8) is 0 Å². The maximum Gasteiger partial charge on any atom is 0.305 e. The molecule has 0 unspecified atom stereocenters. The van der Waals surface area contributed by atoms with E-state index in [0.29, 0.717) is 17.5 Å². The van der Waals surface area contributed by atoms with Crippen LogP contribution in [0.4, 0.5) is 5.69 Å². The smallest absolute Gasteiger partial charge is 0.305 e. The van der Waals surface area contributed by atoms with E-state index in [9.17, 15) is 10.1 Å². The molecule has 0 radical (unpaired) electrons. The molecule has 1 aromatic carbocycles. The Labute approximate surface area is 140 Å². The summed E-state index contributed by atoms with van der Waals surface area (Å²) in [5.74, 6) is 1.22. The quantitative estimate of drug-likeness (QED) is 0.377. The third-order valence-electron chi connectivity index (χ3n) is 2.97. The van der Waals surface area contributed by atoms with Gasteiger partial charge in [0.15, 0.2) is 5.16 Å². The van der Waals surface area contributed by atoms with E-state index in [2.05, 4.69) is 20.2 Å². The van der Waals surface area contributed by atoms with Crippen molar-refractivity contribution >= 4 is 17.4 Å². The Balaban J connectivity index is 1.65. The van der Waals surface area contributed by atoms with E-state index in [0.717, 1.165) is 35.5 Å². The van der Waals surface area contributed by atoms with E-state index in [-0.39, 0.29) is 10.9 Å². The third-order valence-corrected chi connectivity index (χ3v) is 3.70. The van der Waals surface area contributed by atoms with Crippen molar-refractivity contribution in [3.05, 3.63) is 58.2 Å². The van der Waals surface area contributed by atoms with Gasteiger partial charge in [-0.05, 0) is 17.7 Å². The fourth-order valence-corrected chi connectivity index (χ4v) is 2.39. The lowest BCUT2D eigenvalue weighted by Crippen LogP contribution is -1.92. The normalized spacial score (nSPS) is 10.5. The lowest BCUT2D eigenvalue weighted by molar-refractivity contribution is -0.385. The molecule has 0 saturated carbocycles. The lowest BCUT2D eigenvalue weighted by atomic mass is 10.1. The highest BCUT2D eigenvalue weighted by Gasteiger charge is 2.12. The number of hydrogen-bond donors (Lipinski definition) is 0. The SMILES string of the molecule is COc1ccc(Cc2nnc(Sc3ncc([N+](=O)[O-])cn3)o2)cc1. The van der Waals surface area contributed by atoms with Crippen molar-refractivity contribution in [2.45, 2.75) is 16.8 Å². The van der Waals surface area contributed by atoms with Crippen molar-refractivity contribution in [1.29, 1.82) is 0 Å². The topological polar surface area (TPSA) is 117 Å². The first-order chi connectivity index (χ1) is 11.6. The zero-order valence-electron chi connectivity index (χ0n) is 12.4. The summed E-state index contributed by atoms with van der Waals surface area (Å²) >= 11 is 1.04. The van der Waals surface area contributed by atoms with Crippen LogP contribution < -0.4 is 4.74 Å². The molecule has 0 saturated heterocycles. The van der Waals surface area contributed by atoms with Gasteiger partial charge in [0.05, 0.1) is 18.5 Å². The molecule has 122 valence electrons. The van der Waals surface area contributed by atoms with Gasteiger partial charge in [0, 0.05) is 11.8 Å². The number of hydrogen-bond acceptors (Lipinski definition) is 9. The second-order valence-electron chi connectivity index (χ2n) is 4.57. The van der Waals surface area contributed by atoms with Crippen LogP contribution in [-0.2, 0) is 6.42 Å². The van der Waals surface area contributed by atoms with Gasteiger partial charge in [0.2, 0.25) is 5.89 Å². The average molecular weight is 345 g/mol. The summed E-state index contributed by atoms with van der Waals surface area (Å²) in [6.45, 7) is 0. The molecule has 0 spiro atoms. The molecule has 2 aromatic heterocycles. The van der Waals surface area contributed by atoms with Gasteiger partial charge in [-0.2, -0.15) is 0 Å². The summed E-state index contributed by atoms with van der Waals surface area (Å²) in [6.07, 6.45) is 2.74. The summed E-state index contributed by atoms with van der Waals surface area (Å²) in [7, 11) is 1.61. The van der Waals surface area contributed by atoms with E-state index in [1.54, 1.807) is 7.11 Å². The summed E-state index contributed by atoms with van der Waals surface area (Å²) in [4.78, 5) is 17.7. The van der Waals surface area contributed by atoms with Crippen LogP contribution in [0.25, 0.3) is 0 Å². The van der Waals surface area contributed by atoms with E-state index >= 15 is 0 Å². The van der Waals surface area contributed by atoms with Gasteiger partial charge in [-0.3, -0.25) is 10.1 Å². The van der Waals surface area contributed by atoms with Gasteiger partial charge < -0.3 is 9.15 Å². The molecule has 2 heterocycles. The molecule has 0 aliphatic heterocycles. The number of nitrogens with zero attached hydrogens (tertiary/aromatic N) is 5. The number of benzene rings is 1. The average Bonchev–Trinajstić information content (AvgIpc) is 3.03. The first kappa shape index (κ1) is 15.9. The van der Waals surface area contributed by atoms with Crippen LogP contribution in [0.1, 0.15) is 11.5 Å². The maximum atomic E-state index is 10.6. The highest BCUT2D eigenvalue weighted by Crippen LogP contribution is 2.24. The summed E-state index contributed by atoms with van der Waals surface area (Å²) in [5, 5.41) is 19.0. The van der Waals surface area contributed by atoms with Gasteiger partial charge in [-0.25, -0.2) is 9.97 Å². The largest absolute Gasteiger partial charge is 0.497 e. The summed E-state index contributed by atoms with van der Waals surface area (Å²) < 4.78 is 10.6. The Kier molecular flexibility index (Phi) is 4.66. The molecule has 3 rings (SSSR count). The molecular weight excluding hydrogens is 334 g/mol. The number of nitro groups is 1. The monoisotopic (exact) mass is 345 g/mol. The van der Waals surface area contributed by atoms with Gasteiger partial charge in [-0.15, -0.1) is 10.2 Å². The van der Waals surface area contributed by atoms with E-state index in [1.807, 2.05) is 24.3 Å². The Hall–Kier alpha value is -3.01. The first-order valence-corrected chi connectivity index (χ1v) is 7.55. The minimum absolute atomic E-state index is 0.176. The highest BCUT2D eigenvalue weighted by molar-refractivity contribution is 7.98. The molecule has 0 atom stereocenters. The van der Waals surface area contributed by atoms with Crippen LogP contribution >= 0.6 is 11.8 Å². The van der Waals surface area contributed by atoms with Crippen molar-refractivity contribution < 1.29 is 14.1 Å². The number of ether oxygens (including phenoxy) is 1. The van der Waals surface area contributed by atoms with E-state index in [1.165, 1.54) is 0 Å². The predicted molar refractivity (Wildman–Crippen MR) is 82.9 cm³/mol. The zero-order valence-corrected chi connectivity index (χ0v) is 13.3. The molecule has 0 aliphatic carbocycles. The molecule has 0 N–H and O–H groups in total. The van der Waals surface area contributed by atoms with Crippen LogP contribution in [-0.4, -0.2) is 32.2 Å². The molecule has 0 aliphatic rings. The summed E-state index contributed by atoms with van der Waals surface area (Å²) in [6, 6.07) is 7.53. The third kappa shape index (κ3) is 3.84. The molecule has 3 aromatic rings. The Bertz CT molecular complexity index is 835. The minimum atomic E-state index is -0.561. The number of rotatable bonds is 6. The van der Waals surface area contributed by atoms with Gasteiger partial charge in [0.1, 0.15) is 18.1 Å². The molecule has 9 nitrogen and oxygen atoms in total. The minimum Gasteiger partial charge on any atom is -0.497 e. The zero-order chi connectivity index (χ0) is 16.9. The van der Waals surface area contributed by atoms with Gasteiger partial charge in [-0.1, -0.05) is 12.1 Å². The molecule has 10 heteroatoms. The van der Waals surface area contributed by atoms with Crippen LogP contribution in [0.5, 0.6) is 5.75 Å². The maximum absolute atomic E-state index is 10.6. The van der Waals surface area contributed by atoms with E-state index in [4.69, 9.17) is 9.15 Å². The molecular formula is C14H11N5O4S. The van der Waals surface area contributed by atoms with Crippen LogP contribution in [0.15, 0.2) is 51.5 Å². The van der Waals surface area contributed by atoms with Crippen LogP contribution in [0.3, 0.4) is 0 Å². The van der Waals surface area contributed by atoms with Gasteiger partial charge >= 0.3 is 5.69 Å². The van der Waals surface area contributed by atoms with Gasteiger partial charge in [0.25, 0.3) is 5.22 Å². The second-order valence-corrected chi connectivity index (χ2v) is 5.49. The van der Waals surface area contributed by atoms with Crippen LogP contribution in [0.2, 0.25) is 0 Å². The van der Waals surface area contributed by atoms with Crippen molar-refractivity contribution in [2.75, 3.05) is 7.11 Å². The summed E-state index contributed by atoms with van der Waals surface area (Å²) in [5.41, 5.74) is 0.827. The number of methoxy groups -OCH3 is 1. The first-order valence-electron chi connectivity index (χ1n) is 6.73. The Morgan fingerprint density at radius 1 is 1.21 bits per heavy atom. The lowest BCUT2D eigenvalue weighted by Gasteiger charge is -2.00. The highest BCUT2D eigenvalue weighted by atomic mass is 32.2. The predicted octanol–water partition coefficient (Wildman–Crippen LogP) is 2.52. The molecule has 0 fully saturated rings. The fraction of sp³-hybridized carbons (Fsp3) is 0.143. The van der Waals surface area contributed by atoms with E-state index < -0.39 is 4.92 Å². The van der Waals surface area contributed by atoms with Crippen LogP contribution in [0, 0.1) is 10.1 Å². The fourth-order valence-electron chi connectivity index (χ4n) is 1.80. The molecule has 24 heavy (non-hydrogen) atoms. The molecule has 0 amide bonds. The van der Waals surface area contributed by atoms with Crippen molar-refractivity contribution in [3.8, 4) is 5.75 Å². The Morgan fingerprint density at radius 3 is 2.54 bits per heavy atom. The van der Waals surface area contributed by atoms with Crippen molar-refractivity contribution in [1.82, 2.24) is 20.2 Å². The number of aromatic nitrogens is 4.